The summed E-state index contributed by atoms with van der Waals surface area (Å²) in [4.78, 5) is 4.86. The Morgan fingerprint density at radius 2 is 1.57 bits per heavy atom. The molecule has 0 fully saturated rings. The maximum atomic E-state index is 4.86. The van der Waals surface area contributed by atoms with Crippen LogP contribution in [-0.2, 0) is 0 Å². The third-order valence-corrected chi connectivity index (χ3v) is 3.03. The third-order valence-electron chi connectivity index (χ3n) is 3.03. The fourth-order valence-electron chi connectivity index (χ4n) is 2.17. The average molecular weight is 278 g/mol. The van der Waals surface area contributed by atoms with Crippen LogP contribution >= 0.6 is 0 Å². The monoisotopic (exact) mass is 278 g/mol. The lowest BCUT2D eigenvalue weighted by atomic mass is 10.1. The topological polar surface area (TPSA) is 43.1 Å². The zero-order valence-corrected chi connectivity index (χ0v) is 12.5. The number of hydrogen-bond donors (Lipinski definition) is 0. The summed E-state index contributed by atoms with van der Waals surface area (Å²) in [5.41, 5.74) is 2.45. The molecule has 0 saturated carbocycles. The summed E-state index contributed by atoms with van der Waals surface area (Å²) < 4.78 is 1.80. The van der Waals surface area contributed by atoms with Crippen LogP contribution in [0.4, 0.5) is 0 Å². The third kappa shape index (κ3) is 2.84. The summed E-state index contributed by atoms with van der Waals surface area (Å²) in [6.45, 7) is 6.24. The van der Waals surface area contributed by atoms with Crippen molar-refractivity contribution in [3.8, 4) is 5.69 Å². The summed E-state index contributed by atoms with van der Waals surface area (Å²) >= 11 is 0. The van der Waals surface area contributed by atoms with Gasteiger partial charge in [0.05, 0.1) is 16.7 Å². The van der Waals surface area contributed by atoms with E-state index in [1.807, 2.05) is 54.6 Å². The van der Waals surface area contributed by atoms with Gasteiger partial charge in [-0.05, 0) is 45.0 Å². The van der Waals surface area contributed by atoms with Crippen LogP contribution in [0.1, 0.15) is 20.8 Å². The van der Waals surface area contributed by atoms with Crippen LogP contribution in [0.2, 0.25) is 0 Å². The van der Waals surface area contributed by atoms with Crippen LogP contribution in [0.3, 0.4) is 0 Å². The van der Waals surface area contributed by atoms with Gasteiger partial charge >= 0.3 is 0 Å². The fourth-order valence-corrected chi connectivity index (χ4v) is 2.17. The second-order valence-electron chi connectivity index (χ2n) is 5.96. The van der Waals surface area contributed by atoms with E-state index in [4.69, 9.17) is 4.99 Å². The van der Waals surface area contributed by atoms with Gasteiger partial charge in [-0.1, -0.05) is 35.5 Å². The zero-order chi connectivity index (χ0) is 14.9. The number of rotatable bonds is 1. The largest absolute Gasteiger partial charge is 0.260 e. The van der Waals surface area contributed by atoms with E-state index in [1.165, 1.54) is 0 Å². The van der Waals surface area contributed by atoms with Crippen molar-refractivity contribution in [2.45, 2.75) is 26.3 Å². The highest BCUT2D eigenvalue weighted by molar-refractivity contribution is 5.76. The first-order valence-corrected chi connectivity index (χ1v) is 7.01. The van der Waals surface area contributed by atoms with Crippen LogP contribution in [0.5, 0.6) is 0 Å². The highest BCUT2D eigenvalue weighted by Gasteiger charge is 2.11. The second-order valence-corrected chi connectivity index (χ2v) is 5.96. The number of aromatic nitrogens is 3. The first kappa shape index (κ1) is 13.5. The van der Waals surface area contributed by atoms with Crippen molar-refractivity contribution in [1.82, 2.24) is 15.0 Å². The van der Waals surface area contributed by atoms with E-state index in [2.05, 4.69) is 31.1 Å². The Morgan fingerprint density at radius 1 is 0.905 bits per heavy atom. The molecule has 0 radical (unpaired) electrons. The fraction of sp³-hybridized carbons (Fsp3) is 0.235. The van der Waals surface area contributed by atoms with Crippen LogP contribution in [0.25, 0.3) is 16.6 Å². The molecule has 0 saturated heterocycles. The second kappa shape index (κ2) is 5.13. The van der Waals surface area contributed by atoms with Gasteiger partial charge in [-0.2, -0.15) is 4.68 Å². The van der Waals surface area contributed by atoms with Gasteiger partial charge in [0.25, 0.3) is 0 Å². The Bertz CT molecular complexity index is 827. The molecule has 1 heterocycles. The lowest BCUT2D eigenvalue weighted by Gasteiger charge is -2.14. The molecule has 1 aromatic heterocycles. The molecule has 0 aliphatic carbocycles. The van der Waals surface area contributed by atoms with Crippen molar-refractivity contribution in [2.24, 2.45) is 4.99 Å². The maximum Gasteiger partial charge on any atom is 0.161 e. The first-order valence-electron chi connectivity index (χ1n) is 7.01. The Balaban J connectivity index is 2.41. The average Bonchev–Trinajstić information content (AvgIpc) is 2.47. The van der Waals surface area contributed by atoms with E-state index in [9.17, 15) is 0 Å². The van der Waals surface area contributed by atoms with Gasteiger partial charge < -0.3 is 0 Å². The van der Waals surface area contributed by atoms with Crippen molar-refractivity contribution in [3.63, 3.8) is 0 Å². The van der Waals surface area contributed by atoms with Gasteiger partial charge in [0.2, 0.25) is 0 Å². The molecule has 2 aromatic carbocycles. The zero-order valence-electron chi connectivity index (χ0n) is 12.5. The molecule has 21 heavy (non-hydrogen) atoms. The lowest BCUT2D eigenvalue weighted by Crippen LogP contribution is -2.28. The van der Waals surface area contributed by atoms with E-state index in [0.29, 0.717) is 0 Å². The number of nitrogens with zero attached hydrogens (tertiary/aromatic N) is 4. The summed E-state index contributed by atoms with van der Waals surface area (Å²) in [6, 6.07) is 17.9. The minimum absolute atomic E-state index is 0.192. The maximum absolute atomic E-state index is 4.86. The molecule has 3 aromatic rings. The molecule has 0 N–H and O–H groups in total. The Hall–Kier alpha value is -2.49. The SMILES string of the molecule is CC(C)(C)N=c1c2ccccc2nnn1-c1ccccc1. The number of benzene rings is 2. The van der Waals surface area contributed by atoms with Gasteiger partial charge in [0.15, 0.2) is 5.49 Å². The molecule has 106 valence electrons. The predicted octanol–water partition coefficient (Wildman–Crippen LogP) is 3.12. The minimum atomic E-state index is -0.192. The van der Waals surface area contributed by atoms with Gasteiger partial charge in [0, 0.05) is 5.39 Å². The molecule has 0 amide bonds. The lowest BCUT2D eigenvalue weighted by molar-refractivity contribution is 0.548. The molecule has 4 heteroatoms. The van der Waals surface area contributed by atoms with Crippen LogP contribution in [-0.4, -0.2) is 20.5 Å². The van der Waals surface area contributed by atoms with Gasteiger partial charge in [0.1, 0.15) is 0 Å². The summed E-state index contributed by atoms with van der Waals surface area (Å²) in [7, 11) is 0. The Kier molecular flexibility index (Phi) is 3.29. The van der Waals surface area contributed by atoms with Crippen LogP contribution in [0.15, 0.2) is 59.6 Å². The van der Waals surface area contributed by atoms with Crippen LogP contribution < -0.4 is 5.49 Å². The summed E-state index contributed by atoms with van der Waals surface area (Å²) in [6.07, 6.45) is 0. The quantitative estimate of drug-likeness (QED) is 0.686. The molecule has 3 rings (SSSR count). The molecule has 0 aliphatic heterocycles. The highest BCUT2D eigenvalue weighted by atomic mass is 15.4. The van der Waals surface area contributed by atoms with Crippen molar-refractivity contribution in [2.75, 3.05) is 0 Å². The standard InChI is InChI=1S/C17H18N4/c1-17(2,3)18-16-14-11-7-8-12-15(14)19-20-21(16)13-9-5-4-6-10-13/h4-12H,1-3H3. The molecular formula is C17H18N4. The predicted molar refractivity (Wildman–Crippen MR) is 84.2 cm³/mol. The molecule has 0 aliphatic rings. The summed E-state index contributed by atoms with van der Waals surface area (Å²) in [5.74, 6) is 0. The smallest absolute Gasteiger partial charge is 0.161 e. The summed E-state index contributed by atoms with van der Waals surface area (Å²) in [5, 5.41) is 9.64. The number of fused-ring (bicyclic) bond motifs is 1. The molecular weight excluding hydrogens is 260 g/mol. The van der Waals surface area contributed by atoms with Crippen molar-refractivity contribution >= 4 is 10.9 Å². The van der Waals surface area contributed by atoms with Gasteiger partial charge in [-0.25, -0.2) is 0 Å². The van der Waals surface area contributed by atoms with Crippen molar-refractivity contribution in [1.29, 1.82) is 0 Å². The van der Waals surface area contributed by atoms with Gasteiger partial charge in [-0.3, -0.25) is 4.99 Å². The normalized spacial score (nSPS) is 12.8. The van der Waals surface area contributed by atoms with E-state index < -0.39 is 0 Å². The van der Waals surface area contributed by atoms with E-state index >= 15 is 0 Å². The van der Waals surface area contributed by atoms with Crippen LogP contribution in [0, 0.1) is 0 Å². The number of hydrogen-bond acceptors (Lipinski definition) is 3. The van der Waals surface area contributed by atoms with E-state index in [-0.39, 0.29) is 5.54 Å². The Labute approximate surface area is 123 Å². The first-order chi connectivity index (χ1) is 10.0. The molecule has 0 bridgehead atoms. The molecule has 0 unspecified atom stereocenters. The Morgan fingerprint density at radius 3 is 2.29 bits per heavy atom. The van der Waals surface area contributed by atoms with Crippen molar-refractivity contribution < 1.29 is 0 Å². The molecule has 0 spiro atoms. The van der Waals surface area contributed by atoms with E-state index in [1.54, 1.807) is 4.68 Å². The molecule has 4 nitrogen and oxygen atoms in total. The van der Waals surface area contributed by atoms with E-state index in [0.717, 1.165) is 22.1 Å². The number of para-hydroxylation sites is 1. The minimum Gasteiger partial charge on any atom is -0.260 e. The van der Waals surface area contributed by atoms with Gasteiger partial charge in [-0.15, -0.1) is 5.10 Å². The van der Waals surface area contributed by atoms with Crippen molar-refractivity contribution in [3.05, 3.63) is 60.1 Å². The highest BCUT2D eigenvalue weighted by Crippen LogP contribution is 2.10. The molecule has 0 atom stereocenters.